The monoisotopic (exact) mass is 623 g/mol. The van der Waals surface area contributed by atoms with E-state index in [0.717, 1.165) is 16.6 Å². The maximum absolute atomic E-state index is 12.9. The van der Waals surface area contributed by atoms with Crippen LogP contribution < -0.4 is 25.0 Å². The Morgan fingerprint density at radius 1 is 1.12 bits per heavy atom. The number of aryl methyl sites for hydroxylation is 2. The van der Waals surface area contributed by atoms with Crippen LogP contribution in [0.2, 0.25) is 10.0 Å². The van der Waals surface area contributed by atoms with Gasteiger partial charge in [-0.15, -0.1) is 0 Å². The number of aromatic nitrogens is 2. The third kappa shape index (κ3) is 7.28. The second-order valence-corrected chi connectivity index (χ2v) is 10.5. The van der Waals surface area contributed by atoms with Crippen LogP contribution in [0.3, 0.4) is 0 Å². The van der Waals surface area contributed by atoms with E-state index < -0.39 is 11.8 Å². The van der Waals surface area contributed by atoms with Gasteiger partial charge in [-0.25, -0.2) is 0 Å². The molecule has 0 radical (unpaired) electrons. The highest BCUT2D eigenvalue weighted by Gasteiger charge is 2.20. The molecule has 0 aliphatic carbocycles. The molecule has 0 bridgehead atoms. The fraction of sp³-hybridized carbons (Fsp3) is 0.226. The summed E-state index contributed by atoms with van der Waals surface area (Å²) in [6.07, 6.45) is 2.96. The van der Waals surface area contributed by atoms with Crippen LogP contribution in [0.4, 0.5) is 11.4 Å². The summed E-state index contributed by atoms with van der Waals surface area (Å²) in [5.74, 6) is -0.474. The summed E-state index contributed by atoms with van der Waals surface area (Å²) in [4.78, 5) is 42.5. The van der Waals surface area contributed by atoms with Crippen LogP contribution in [0.5, 0.6) is 11.8 Å². The van der Waals surface area contributed by atoms with E-state index in [9.17, 15) is 14.4 Å². The topological polar surface area (TPSA) is 115 Å². The van der Waals surface area contributed by atoms with Crippen LogP contribution in [-0.4, -0.2) is 48.0 Å². The van der Waals surface area contributed by atoms with E-state index in [1.54, 1.807) is 50.6 Å². The molecule has 224 valence electrons. The predicted molar refractivity (Wildman–Crippen MR) is 169 cm³/mol. The predicted octanol–water partition coefficient (Wildman–Crippen LogP) is 5.53. The van der Waals surface area contributed by atoms with Crippen LogP contribution in [-0.2, 0) is 28.0 Å². The number of carbonyl (C=O) groups excluding carboxylic acids is 3. The van der Waals surface area contributed by atoms with Crippen LogP contribution >= 0.6 is 23.2 Å². The van der Waals surface area contributed by atoms with Crippen molar-refractivity contribution in [3.8, 4) is 11.8 Å². The van der Waals surface area contributed by atoms with Crippen molar-refractivity contribution in [2.24, 2.45) is 7.05 Å². The lowest BCUT2D eigenvalue weighted by Crippen LogP contribution is -2.37. The molecule has 3 amide bonds. The Labute approximate surface area is 259 Å². The molecule has 12 heteroatoms. The molecular formula is C31H31Cl2N5O5. The lowest BCUT2D eigenvalue weighted by atomic mass is 10.1. The smallest absolute Gasteiger partial charge is 0.296 e. The van der Waals surface area contributed by atoms with Gasteiger partial charge in [0.05, 0.1) is 29.9 Å². The zero-order valence-electron chi connectivity index (χ0n) is 24.3. The van der Waals surface area contributed by atoms with Crippen molar-refractivity contribution in [1.82, 2.24) is 14.9 Å². The fourth-order valence-corrected chi connectivity index (χ4v) is 4.97. The number of hydrogen-bond acceptors (Lipinski definition) is 6. The molecule has 3 aromatic carbocycles. The largest absolute Gasteiger partial charge is 0.486 e. The Bertz CT molecular complexity index is 1730. The van der Waals surface area contributed by atoms with E-state index in [1.165, 1.54) is 17.9 Å². The quantitative estimate of drug-likeness (QED) is 0.225. The Balaban J connectivity index is 1.40. The van der Waals surface area contributed by atoms with Gasteiger partial charge in [0, 0.05) is 43.4 Å². The number of imidazole rings is 1. The molecule has 1 heterocycles. The molecule has 0 spiro atoms. The molecule has 10 nitrogen and oxygen atoms in total. The normalized spacial score (nSPS) is 11.0. The van der Waals surface area contributed by atoms with Crippen LogP contribution in [0.25, 0.3) is 17.1 Å². The highest BCUT2D eigenvalue weighted by molar-refractivity contribution is 6.38. The molecule has 0 saturated carbocycles. The minimum Gasteiger partial charge on any atom is -0.486 e. The van der Waals surface area contributed by atoms with Gasteiger partial charge in [-0.1, -0.05) is 35.3 Å². The summed E-state index contributed by atoms with van der Waals surface area (Å²) >= 11 is 13.2. The molecule has 43 heavy (non-hydrogen) atoms. The van der Waals surface area contributed by atoms with Gasteiger partial charge in [0.1, 0.15) is 17.9 Å². The lowest BCUT2D eigenvalue weighted by molar-refractivity contribution is -0.122. The Morgan fingerprint density at radius 2 is 1.88 bits per heavy atom. The van der Waals surface area contributed by atoms with Crippen molar-refractivity contribution < 1.29 is 23.9 Å². The van der Waals surface area contributed by atoms with E-state index in [0.29, 0.717) is 39.2 Å². The number of methoxy groups -OCH3 is 1. The van der Waals surface area contributed by atoms with Gasteiger partial charge < -0.3 is 25.0 Å². The van der Waals surface area contributed by atoms with Crippen LogP contribution in [0.15, 0.2) is 54.6 Å². The van der Waals surface area contributed by atoms with Gasteiger partial charge in [0.25, 0.3) is 6.01 Å². The standard InChI is InChI=1S/C31H31Cl2N5O5/c1-18-15-20(9-12-23(18)35-19(2)39)10-14-27(40)34-16-28(41)37(3)24-13-11-22(32)21(29(24)33)17-43-26-8-6-7-25-30(26)36-31(42-5)38(25)4/h6-15H,16-17H2,1-5H3,(H,34,40)(H,35,39)/b14-10+. The summed E-state index contributed by atoms with van der Waals surface area (Å²) in [6, 6.07) is 14.6. The zero-order chi connectivity index (χ0) is 31.3. The minimum absolute atomic E-state index is 0.0261. The summed E-state index contributed by atoms with van der Waals surface area (Å²) < 4.78 is 13.2. The van der Waals surface area contributed by atoms with E-state index in [1.807, 2.05) is 36.7 Å². The van der Waals surface area contributed by atoms with Gasteiger partial charge in [0.2, 0.25) is 17.7 Å². The maximum atomic E-state index is 12.9. The number of fused-ring (bicyclic) bond motifs is 1. The summed E-state index contributed by atoms with van der Waals surface area (Å²) in [5, 5.41) is 5.95. The Kier molecular flexibility index (Phi) is 9.95. The van der Waals surface area contributed by atoms with Crippen molar-refractivity contribution in [3.05, 3.63) is 81.3 Å². The second-order valence-electron chi connectivity index (χ2n) is 9.69. The molecule has 2 N–H and O–H groups in total. The molecule has 1 aromatic heterocycles. The number of amides is 3. The second kappa shape index (κ2) is 13.6. The van der Waals surface area contributed by atoms with E-state index in [4.69, 9.17) is 32.7 Å². The first kappa shape index (κ1) is 31.4. The zero-order valence-corrected chi connectivity index (χ0v) is 25.8. The SMILES string of the molecule is COc1nc2c(OCc3c(Cl)ccc(N(C)C(=O)CNC(=O)/C=C/c4ccc(NC(C)=O)c(C)c4)c3Cl)cccc2n1C. The van der Waals surface area contributed by atoms with Gasteiger partial charge in [0.15, 0.2) is 0 Å². The summed E-state index contributed by atoms with van der Waals surface area (Å²) in [7, 11) is 4.95. The van der Waals surface area contributed by atoms with Crippen molar-refractivity contribution in [3.63, 3.8) is 0 Å². The van der Waals surface area contributed by atoms with Crippen molar-refractivity contribution in [1.29, 1.82) is 0 Å². The van der Waals surface area contributed by atoms with Gasteiger partial charge >= 0.3 is 0 Å². The number of anilines is 2. The van der Waals surface area contributed by atoms with E-state index in [-0.39, 0.29) is 24.1 Å². The highest BCUT2D eigenvalue weighted by Crippen LogP contribution is 2.36. The average molecular weight is 625 g/mol. The highest BCUT2D eigenvalue weighted by atomic mass is 35.5. The molecule has 4 aromatic rings. The number of para-hydroxylation sites is 1. The fourth-order valence-electron chi connectivity index (χ4n) is 4.36. The first-order chi connectivity index (χ1) is 20.5. The molecule has 0 unspecified atom stereocenters. The molecule has 0 aliphatic heterocycles. The number of nitrogens with one attached hydrogen (secondary N) is 2. The number of halogens is 2. The van der Waals surface area contributed by atoms with E-state index >= 15 is 0 Å². The minimum atomic E-state index is -0.443. The molecule has 0 atom stereocenters. The van der Waals surface area contributed by atoms with Crippen LogP contribution in [0, 0.1) is 6.92 Å². The van der Waals surface area contributed by atoms with Crippen LogP contribution in [0.1, 0.15) is 23.6 Å². The lowest BCUT2D eigenvalue weighted by Gasteiger charge is -2.21. The third-order valence-electron chi connectivity index (χ3n) is 6.69. The van der Waals surface area contributed by atoms with Crippen molar-refractivity contribution >= 4 is 69.4 Å². The number of ether oxygens (including phenoxy) is 2. The molecule has 0 aliphatic rings. The average Bonchev–Trinajstić information content (AvgIpc) is 3.31. The molecule has 0 fully saturated rings. The number of rotatable bonds is 10. The molecule has 4 rings (SSSR count). The number of benzene rings is 3. The number of likely N-dealkylation sites (N-methyl/N-ethyl adjacent to an activating group) is 1. The first-order valence-electron chi connectivity index (χ1n) is 13.2. The van der Waals surface area contributed by atoms with Crippen molar-refractivity contribution in [2.75, 3.05) is 30.9 Å². The van der Waals surface area contributed by atoms with Gasteiger partial charge in [-0.05, 0) is 60.5 Å². The Morgan fingerprint density at radius 3 is 2.58 bits per heavy atom. The molecular weight excluding hydrogens is 593 g/mol. The first-order valence-corrected chi connectivity index (χ1v) is 14.0. The van der Waals surface area contributed by atoms with Gasteiger partial charge in [-0.2, -0.15) is 4.98 Å². The maximum Gasteiger partial charge on any atom is 0.296 e. The number of nitrogens with zero attached hydrogens (tertiary/aromatic N) is 3. The van der Waals surface area contributed by atoms with Gasteiger partial charge in [-0.3, -0.25) is 19.0 Å². The van der Waals surface area contributed by atoms with E-state index in [2.05, 4.69) is 15.6 Å². The number of carbonyl (C=O) groups is 3. The summed E-state index contributed by atoms with van der Waals surface area (Å²) in [6.45, 7) is 3.07. The number of hydrogen-bond donors (Lipinski definition) is 2. The van der Waals surface area contributed by atoms with Crippen molar-refractivity contribution in [2.45, 2.75) is 20.5 Å². The Hall–Kier alpha value is -4.54. The molecule has 0 saturated heterocycles. The third-order valence-corrected chi connectivity index (χ3v) is 7.47. The summed E-state index contributed by atoms with van der Waals surface area (Å²) in [5.41, 5.74) is 4.68.